The zero-order chi connectivity index (χ0) is 15.1. The van der Waals surface area contributed by atoms with Crippen molar-refractivity contribution in [3.8, 4) is 0 Å². The first-order valence-corrected chi connectivity index (χ1v) is 8.16. The second-order valence-corrected chi connectivity index (χ2v) is 6.21. The smallest absolute Gasteiger partial charge is 0.105 e. The largest absolute Gasteiger partial charge is 0.378 e. The van der Waals surface area contributed by atoms with Gasteiger partial charge in [0.05, 0.1) is 6.10 Å². The van der Waals surface area contributed by atoms with Gasteiger partial charge in [-0.2, -0.15) is 0 Å². The van der Waals surface area contributed by atoms with Crippen LogP contribution in [0.2, 0.25) is 0 Å². The minimum Gasteiger partial charge on any atom is -0.378 e. The summed E-state index contributed by atoms with van der Waals surface area (Å²) >= 11 is 0. The predicted molar refractivity (Wildman–Crippen MR) is 85.5 cm³/mol. The monoisotopic (exact) mass is 294 g/mol. The molecule has 1 aliphatic heterocycles. The molecule has 1 aromatic heterocycles. The van der Waals surface area contributed by atoms with Crippen LogP contribution in [-0.4, -0.2) is 59.9 Å². The Hall–Kier alpha value is -0.910. The lowest BCUT2D eigenvalue weighted by atomic mass is 10.1. The van der Waals surface area contributed by atoms with Crippen molar-refractivity contribution in [2.75, 3.05) is 33.3 Å². The maximum absolute atomic E-state index is 5.96. The third-order valence-corrected chi connectivity index (χ3v) is 4.23. The first-order valence-electron chi connectivity index (χ1n) is 8.16. The van der Waals surface area contributed by atoms with E-state index in [-0.39, 0.29) is 0 Å². The topological polar surface area (TPSA) is 42.3 Å². The summed E-state index contributed by atoms with van der Waals surface area (Å²) in [5, 5.41) is 3.56. The molecule has 5 nitrogen and oxygen atoms in total. The van der Waals surface area contributed by atoms with Crippen molar-refractivity contribution >= 4 is 0 Å². The molecule has 0 radical (unpaired) electrons. The second-order valence-electron chi connectivity index (χ2n) is 6.21. The number of likely N-dealkylation sites (tertiary alicyclic amines) is 1. The van der Waals surface area contributed by atoms with Gasteiger partial charge in [-0.15, -0.1) is 0 Å². The predicted octanol–water partition coefficient (Wildman–Crippen LogP) is 1.67. The first kappa shape index (κ1) is 16.5. The molecule has 2 rings (SSSR count). The molecule has 1 aromatic rings. The van der Waals surface area contributed by atoms with Crippen LogP contribution in [0.5, 0.6) is 0 Å². The van der Waals surface area contributed by atoms with Crippen LogP contribution >= 0.6 is 0 Å². The Morgan fingerprint density at radius 2 is 2.19 bits per heavy atom. The zero-order valence-electron chi connectivity index (χ0n) is 13.7. The third-order valence-electron chi connectivity index (χ3n) is 4.23. The van der Waals surface area contributed by atoms with Gasteiger partial charge >= 0.3 is 0 Å². The molecule has 0 aliphatic carbocycles. The van der Waals surface area contributed by atoms with E-state index in [1.165, 1.54) is 25.9 Å². The van der Waals surface area contributed by atoms with Gasteiger partial charge < -0.3 is 19.5 Å². The van der Waals surface area contributed by atoms with Crippen LogP contribution in [0, 0.1) is 6.92 Å². The van der Waals surface area contributed by atoms with Crippen molar-refractivity contribution < 1.29 is 4.74 Å². The number of aromatic nitrogens is 2. The van der Waals surface area contributed by atoms with Crippen LogP contribution in [0.15, 0.2) is 12.4 Å². The van der Waals surface area contributed by atoms with E-state index >= 15 is 0 Å². The molecule has 0 saturated carbocycles. The van der Waals surface area contributed by atoms with Crippen LogP contribution in [0.25, 0.3) is 0 Å². The number of hydrogen-bond donors (Lipinski definition) is 1. The second kappa shape index (κ2) is 8.51. The summed E-state index contributed by atoms with van der Waals surface area (Å²) in [4.78, 5) is 6.62. The van der Waals surface area contributed by atoms with Crippen molar-refractivity contribution in [1.82, 2.24) is 19.8 Å². The quantitative estimate of drug-likeness (QED) is 0.741. The number of rotatable bonds is 8. The fourth-order valence-electron chi connectivity index (χ4n) is 2.78. The molecule has 1 fully saturated rings. The van der Waals surface area contributed by atoms with Crippen molar-refractivity contribution in [3.63, 3.8) is 0 Å². The summed E-state index contributed by atoms with van der Waals surface area (Å²) in [6.45, 7) is 9.47. The van der Waals surface area contributed by atoms with Crippen molar-refractivity contribution in [2.24, 2.45) is 0 Å². The summed E-state index contributed by atoms with van der Waals surface area (Å²) < 4.78 is 8.14. The van der Waals surface area contributed by atoms with E-state index in [1.54, 1.807) is 0 Å². The van der Waals surface area contributed by atoms with Gasteiger partial charge in [0.15, 0.2) is 0 Å². The number of nitrogens with zero attached hydrogens (tertiary/aromatic N) is 3. The summed E-state index contributed by atoms with van der Waals surface area (Å²) in [7, 11) is 2.18. The molecular weight excluding hydrogens is 264 g/mol. The van der Waals surface area contributed by atoms with Gasteiger partial charge in [-0.3, -0.25) is 0 Å². The van der Waals surface area contributed by atoms with Crippen LogP contribution < -0.4 is 5.32 Å². The molecule has 2 heterocycles. The Bertz CT molecular complexity index is 399. The van der Waals surface area contributed by atoms with Gasteiger partial charge in [0, 0.05) is 44.7 Å². The fraction of sp³-hybridized carbons (Fsp3) is 0.812. The highest BCUT2D eigenvalue weighted by molar-refractivity contribution is 4.89. The molecule has 21 heavy (non-hydrogen) atoms. The molecule has 120 valence electrons. The standard InChI is InChI=1S/C16H30N4O/c1-14(13-20-11-8-18-15(20)2)17-7-4-12-21-16-5-9-19(3)10-6-16/h8,11,14,16-17H,4-7,9-10,12-13H2,1-3H3. The van der Waals surface area contributed by atoms with Crippen molar-refractivity contribution in [3.05, 3.63) is 18.2 Å². The zero-order valence-corrected chi connectivity index (χ0v) is 13.7. The number of aryl methyl sites for hydroxylation is 1. The lowest BCUT2D eigenvalue weighted by Gasteiger charge is -2.29. The molecule has 0 bridgehead atoms. The third kappa shape index (κ3) is 5.77. The van der Waals surface area contributed by atoms with Crippen LogP contribution in [0.4, 0.5) is 0 Å². The Balaban J connectivity index is 1.50. The molecule has 0 amide bonds. The molecule has 1 aliphatic rings. The molecule has 1 unspecified atom stereocenters. The number of ether oxygens (including phenoxy) is 1. The highest BCUT2D eigenvalue weighted by Gasteiger charge is 2.16. The average Bonchev–Trinajstić information content (AvgIpc) is 2.86. The molecule has 5 heteroatoms. The maximum atomic E-state index is 5.96. The number of nitrogens with one attached hydrogen (secondary N) is 1. The summed E-state index contributed by atoms with van der Waals surface area (Å²) in [6, 6.07) is 0.459. The van der Waals surface area contributed by atoms with Gasteiger partial charge in [0.25, 0.3) is 0 Å². The summed E-state index contributed by atoms with van der Waals surface area (Å²) in [6.07, 6.45) is 7.82. The molecular formula is C16H30N4O. The molecule has 1 atom stereocenters. The first-order chi connectivity index (χ1) is 10.1. The SMILES string of the molecule is Cc1nccn1CC(C)NCCCOC1CCN(C)CC1. The highest BCUT2D eigenvalue weighted by Crippen LogP contribution is 2.12. The van der Waals surface area contributed by atoms with E-state index < -0.39 is 0 Å². The summed E-state index contributed by atoms with van der Waals surface area (Å²) in [5.41, 5.74) is 0. The van der Waals surface area contributed by atoms with Crippen LogP contribution in [0.3, 0.4) is 0 Å². The molecule has 1 N–H and O–H groups in total. The van der Waals surface area contributed by atoms with E-state index in [1.807, 2.05) is 19.3 Å². The highest BCUT2D eigenvalue weighted by atomic mass is 16.5. The average molecular weight is 294 g/mol. The van der Waals surface area contributed by atoms with Gasteiger partial charge in [-0.25, -0.2) is 4.98 Å². The normalized spacial score (nSPS) is 19.0. The van der Waals surface area contributed by atoms with Crippen molar-refractivity contribution in [1.29, 1.82) is 0 Å². The number of hydrogen-bond acceptors (Lipinski definition) is 4. The molecule has 0 spiro atoms. The van der Waals surface area contributed by atoms with Gasteiger partial charge in [-0.1, -0.05) is 0 Å². The van der Waals surface area contributed by atoms with E-state index in [4.69, 9.17) is 4.74 Å². The van der Waals surface area contributed by atoms with E-state index in [2.05, 4.69) is 33.7 Å². The van der Waals surface area contributed by atoms with Crippen LogP contribution in [0.1, 0.15) is 32.0 Å². The Morgan fingerprint density at radius 3 is 2.86 bits per heavy atom. The fourth-order valence-corrected chi connectivity index (χ4v) is 2.78. The van der Waals surface area contributed by atoms with Crippen molar-refractivity contribution in [2.45, 2.75) is 51.8 Å². The minimum absolute atomic E-state index is 0.459. The number of piperidine rings is 1. The van der Waals surface area contributed by atoms with Gasteiger partial charge in [0.1, 0.15) is 5.82 Å². The Kier molecular flexibility index (Phi) is 6.67. The van der Waals surface area contributed by atoms with Gasteiger partial charge in [-0.05, 0) is 46.7 Å². The number of imidazole rings is 1. The lowest BCUT2D eigenvalue weighted by Crippen LogP contribution is -2.35. The van der Waals surface area contributed by atoms with E-state index in [9.17, 15) is 0 Å². The minimum atomic E-state index is 0.459. The van der Waals surface area contributed by atoms with E-state index in [0.717, 1.165) is 31.9 Å². The van der Waals surface area contributed by atoms with E-state index in [0.29, 0.717) is 12.1 Å². The summed E-state index contributed by atoms with van der Waals surface area (Å²) in [5.74, 6) is 1.08. The molecule has 1 saturated heterocycles. The Morgan fingerprint density at radius 1 is 1.43 bits per heavy atom. The van der Waals surface area contributed by atoms with Crippen LogP contribution in [-0.2, 0) is 11.3 Å². The maximum Gasteiger partial charge on any atom is 0.105 e. The Labute approximate surface area is 128 Å². The lowest BCUT2D eigenvalue weighted by molar-refractivity contribution is 0.0114. The molecule has 0 aromatic carbocycles. The van der Waals surface area contributed by atoms with Gasteiger partial charge in [0.2, 0.25) is 0 Å².